The third-order valence-electron chi connectivity index (χ3n) is 2.04. The van der Waals surface area contributed by atoms with Gasteiger partial charge in [-0.1, -0.05) is 28.4 Å². The van der Waals surface area contributed by atoms with E-state index in [1.807, 2.05) is 0 Å². The fourth-order valence-corrected chi connectivity index (χ4v) is 1.71. The van der Waals surface area contributed by atoms with E-state index < -0.39 is 16.5 Å². The number of nitrogens with zero attached hydrogens (tertiary/aromatic N) is 1. The van der Waals surface area contributed by atoms with E-state index in [4.69, 9.17) is 46.6 Å². The van der Waals surface area contributed by atoms with Crippen LogP contribution in [-0.4, -0.2) is 11.1 Å². The van der Waals surface area contributed by atoms with Crippen molar-refractivity contribution in [1.82, 2.24) is 17.5 Å². The van der Waals surface area contributed by atoms with Crippen molar-refractivity contribution in [2.24, 2.45) is 0 Å². The van der Waals surface area contributed by atoms with Crippen LogP contribution in [0.3, 0.4) is 0 Å². The molecule has 0 fully saturated rings. The van der Waals surface area contributed by atoms with Crippen LogP contribution in [0, 0.1) is 6.92 Å². The number of hydrogen-bond acceptors (Lipinski definition) is 5. The molecule has 6 nitrogen and oxygen atoms in total. The van der Waals surface area contributed by atoms with Gasteiger partial charge in [-0.15, -0.1) is 0 Å². The van der Waals surface area contributed by atoms with Gasteiger partial charge >= 0.3 is 35.3 Å². The molecule has 0 unspecified atom stereocenters. The summed E-state index contributed by atoms with van der Waals surface area (Å²) in [6.07, 6.45) is 0. The molecule has 1 heterocycles. The van der Waals surface area contributed by atoms with E-state index in [0.29, 0.717) is 21.5 Å². The van der Waals surface area contributed by atoms with Crippen LogP contribution >= 0.6 is 42.0 Å². The van der Waals surface area contributed by atoms with Crippen molar-refractivity contribution in [3.8, 4) is 0 Å². The maximum absolute atomic E-state index is 11.7. The van der Waals surface area contributed by atoms with Crippen LogP contribution in [0.2, 0.25) is 10.0 Å². The molecule has 7 N–H and O–H groups in total. The third-order valence-corrected chi connectivity index (χ3v) is 2.59. The van der Waals surface area contributed by atoms with E-state index in [-0.39, 0.29) is 23.9 Å². The normalized spacial score (nSPS) is 8.95. The van der Waals surface area contributed by atoms with Crippen LogP contribution in [0.25, 0.3) is 0 Å². The van der Waals surface area contributed by atoms with Crippen molar-refractivity contribution >= 4 is 53.6 Å². The summed E-state index contributed by atoms with van der Waals surface area (Å²) >= 11 is 11.2. The van der Waals surface area contributed by atoms with Crippen molar-refractivity contribution < 1.29 is 25.8 Å². The number of carbonyl (C=O) groups excluding carboxylic acids is 1. The molecule has 128 valence electrons. The molecule has 0 radical (unpaired) electrons. The van der Waals surface area contributed by atoms with E-state index in [0.717, 1.165) is 0 Å². The van der Waals surface area contributed by atoms with Gasteiger partial charge in [-0.3, -0.25) is 4.79 Å². The molecule has 0 aliphatic carbocycles. The average Bonchev–Trinajstić information content (AvgIpc) is 2.80. The van der Waals surface area contributed by atoms with Crippen molar-refractivity contribution in [2.45, 2.75) is 6.92 Å². The van der Waals surface area contributed by atoms with E-state index in [9.17, 15) is 4.79 Å². The fourth-order valence-electron chi connectivity index (χ4n) is 1.25. The Morgan fingerprint density at radius 2 is 1.82 bits per heavy atom. The number of halogens is 4. The summed E-state index contributed by atoms with van der Waals surface area (Å²) in [5.41, 5.74) is 0.676. The molecule has 2 aromatic rings. The van der Waals surface area contributed by atoms with Crippen LogP contribution < -0.4 is 17.6 Å². The van der Waals surface area contributed by atoms with E-state index in [1.54, 1.807) is 31.2 Å². The summed E-state index contributed by atoms with van der Waals surface area (Å²) in [7, 11) is 9.75. The van der Waals surface area contributed by atoms with Gasteiger partial charge in [0.15, 0.2) is 5.69 Å². The van der Waals surface area contributed by atoms with E-state index >= 15 is 0 Å². The van der Waals surface area contributed by atoms with Gasteiger partial charge < -0.3 is 22.1 Å². The zero-order chi connectivity index (χ0) is 15.1. The van der Waals surface area contributed by atoms with Crippen molar-refractivity contribution in [3.63, 3.8) is 0 Å². The Kier molecular flexibility index (Phi) is 13.2. The molecule has 1 amide bonds. The van der Waals surface area contributed by atoms with Crippen molar-refractivity contribution in [3.05, 3.63) is 45.8 Å². The molecule has 0 saturated heterocycles. The number of aromatic nitrogens is 1. The van der Waals surface area contributed by atoms with Crippen molar-refractivity contribution in [1.29, 1.82) is 0 Å². The van der Waals surface area contributed by atoms with E-state index in [1.165, 1.54) is 0 Å². The Morgan fingerprint density at radius 1 is 1.23 bits per heavy atom. The molecule has 1 aromatic heterocycles. The Hall–Kier alpha value is -0.332. The molecule has 0 aliphatic rings. The minimum atomic E-state index is -0.472. The summed E-state index contributed by atoms with van der Waals surface area (Å²) in [4.78, 5) is 11.7. The number of nitrogens with one attached hydrogen (secondary N) is 1. The predicted molar refractivity (Wildman–Crippen MR) is 87.4 cm³/mol. The standard InChI is InChI=1S/C11H8Cl2N2O2.2ClH.2H3N.Pt/c1-6-4-10(15-17-6)11(16)14-9-3-2-7(12)5-8(9)13;;;;;/h2-5H,1H3,(H,14,16);2*1H;2*1H3;/q;;;;;+2/p-2. The van der Waals surface area contributed by atoms with Crippen LogP contribution in [0.4, 0.5) is 5.69 Å². The van der Waals surface area contributed by atoms with Gasteiger partial charge in [0.05, 0.1) is 10.7 Å². The second-order valence-electron chi connectivity index (χ2n) is 3.45. The molecular weight excluding hydrogens is 557 g/mol. The monoisotopic (exact) mass is 569 g/mol. The molecule has 0 bridgehead atoms. The number of anilines is 1. The molecular formula is C11H14Cl4N4O2Pt. The second kappa shape index (κ2) is 12.1. The molecule has 22 heavy (non-hydrogen) atoms. The maximum atomic E-state index is 11.7. The first-order valence-electron chi connectivity index (χ1n) is 5.00. The molecule has 11 heteroatoms. The van der Waals surface area contributed by atoms with Crippen molar-refractivity contribution in [2.75, 3.05) is 5.32 Å². The van der Waals surface area contributed by atoms with Gasteiger partial charge in [0.25, 0.3) is 5.91 Å². The second-order valence-corrected chi connectivity index (χ2v) is 7.57. The first kappa shape index (κ1) is 23.9. The number of hydrogen-bond donors (Lipinski definition) is 3. The Bertz CT molecular complexity index is 597. The summed E-state index contributed by atoms with van der Waals surface area (Å²) in [5, 5.41) is 7.09. The summed E-state index contributed by atoms with van der Waals surface area (Å²) < 4.78 is 4.81. The molecule has 0 saturated carbocycles. The van der Waals surface area contributed by atoms with Crippen LogP contribution in [-0.2, 0) is 16.5 Å². The molecule has 2 rings (SSSR count). The molecule has 0 atom stereocenters. The summed E-state index contributed by atoms with van der Waals surface area (Å²) in [5.74, 6) is 0.184. The Morgan fingerprint density at radius 3 is 2.27 bits per heavy atom. The van der Waals surface area contributed by atoms with Gasteiger partial charge in [0.2, 0.25) is 0 Å². The third kappa shape index (κ3) is 7.79. The number of carbonyl (C=O) groups is 1. The van der Waals surface area contributed by atoms with Gasteiger partial charge in [-0.2, -0.15) is 0 Å². The number of aryl methyl sites for hydroxylation is 1. The predicted octanol–water partition coefficient (Wildman–Crippen LogP) is 5.24. The van der Waals surface area contributed by atoms with Gasteiger partial charge in [-0.25, -0.2) is 0 Å². The molecule has 1 aromatic carbocycles. The number of rotatable bonds is 2. The fraction of sp³-hybridized carbons (Fsp3) is 0.0909. The molecule has 0 aliphatic heterocycles. The van der Waals surface area contributed by atoms with Gasteiger partial charge in [0, 0.05) is 11.1 Å². The van der Waals surface area contributed by atoms with Crippen LogP contribution in [0.5, 0.6) is 0 Å². The number of amides is 1. The SMILES string of the molecule is Cc1cc(C(=O)Nc2ccc(Cl)cc2Cl)no1.N.N.[Cl][Pt][Cl]. The average molecular weight is 571 g/mol. The van der Waals surface area contributed by atoms with Gasteiger partial charge in [-0.05, 0) is 25.1 Å². The number of benzene rings is 1. The first-order valence-corrected chi connectivity index (χ1v) is 11.4. The Labute approximate surface area is 154 Å². The minimum absolute atomic E-state index is 0. The first-order chi connectivity index (χ1) is 9.47. The molecule has 0 spiro atoms. The van der Waals surface area contributed by atoms with Crippen LogP contribution in [0.1, 0.15) is 16.2 Å². The zero-order valence-corrected chi connectivity index (χ0v) is 16.6. The quantitative estimate of drug-likeness (QED) is 0.455. The Balaban J connectivity index is 0. The van der Waals surface area contributed by atoms with Crippen LogP contribution in [0.15, 0.2) is 28.8 Å². The summed E-state index contributed by atoms with van der Waals surface area (Å²) in [6.45, 7) is 1.71. The zero-order valence-electron chi connectivity index (χ0n) is 11.3. The summed E-state index contributed by atoms with van der Waals surface area (Å²) in [6, 6.07) is 6.35. The van der Waals surface area contributed by atoms with Gasteiger partial charge in [0.1, 0.15) is 5.76 Å². The topological polar surface area (TPSA) is 125 Å². The van der Waals surface area contributed by atoms with E-state index in [2.05, 4.69) is 10.5 Å².